The lowest BCUT2D eigenvalue weighted by molar-refractivity contribution is -0.141. The third-order valence-corrected chi connectivity index (χ3v) is 2.14. The summed E-state index contributed by atoms with van der Waals surface area (Å²) in [6.07, 6.45) is 1.54. The van der Waals surface area contributed by atoms with Crippen LogP contribution >= 0.6 is 0 Å². The Labute approximate surface area is 106 Å². The molecule has 0 aliphatic carbocycles. The number of anilines is 2. The van der Waals surface area contributed by atoms with Crippen LogP contribution in [0, 0.1) is 0 Å². The first-order chi connectivity index (χ1) is 8.67. The van der Waals surface area contributed by atoms with E-state index in [1.54, 1.807) is 31.2 Å². The predicted molar refractivity (Wildman–Crippen MR) is 67.2 cm³/mol. The zero-order valence-corrected chi connectivity index (χ0v) is 10.6. The maximum Gasteiger partial charge on any atom is 0.325 e. The second-order valence-electron chi connectivity index (χ2n) is 3.50. The highest BCUT2D eigenvalue weighted by molar-refractivity contribution is 5.75. The summed E-state index contributed by atoms with van der Waals surface area (Å²) in [4.78, 5) is 21.3. The smallest absolute Gasteiger partial charge is 0.325 e. The van der Waals surface area contributed by atoms with E-state index in [1.807, 2.05) is 0 Å². The molecule has 18 heavy (non-hydrogen) atoms. The summed E-state index contributed by atoms with van der Waals surface area (Å²) in [6, 6.07) is 1.59. The van der Waals surface area contributed by atoms with Gasteiger partial charge in [0.15, 0.2) is 0 Å². The fourth-order valence-electron chi connectivity index (χ4n) is 1.33. The van der Waals surface area contributed by atoms with E-state index >= 15 is 0 Å². The van der Waals surface area contributed by atoms with Gasteiger partial charge in [-0.3, -0.25) is 4.79 Å². The van der Waals surface area contributed by atoms with Crippen molar-refractivity contribution in [2.24, 2.45) is 0 Å². The van der Waals surface area contributed by atoms with Crippen molar-refractivity contribution in [1.29, 1.82) is 0 Å². The van der Waals surface area contributed by atoms with E-state index in [0.717, 1.165) is 0 Å². The van der Waals surface area contributed by atoms with Crippen molar-refractivity contribution < 1.29 is 14.3 Å². The lowest BCUT2D eigenvalue weighted by Gasteiger charge is -2.21. The van der Waals surface area contributed by atoms with Crippen molar-refractivity contribution in [1.82, 2.24) is 9.97 Å². The largest absolute Gasteiger partial charge is 0.465 e. The molecule has 0 fully saturated rings. The van der Waals surface area contributed by atoms with E-state index < -0.39 is 0 Å². The molecule has 0 aromatic carbocycles. The van der Waals surface area contributed by atoms with E-state index in [2.05, 4.69) is 9.97 Å². The summed E-state index contributed by atoms with van der Waals surface area (Å²) < 4.78 is 9.88. The number of carbonyl (C=O) groups excluding carboxylic acids is 1. The maximum atomic E-state index is 11.5. The van der Waals surface area contributed by atoms with Crippen molar-refractivity contribution in [3.63, 3.8) is 0 Å². The number of hydrogen-bond acceptors (Lipinski definition) is 7. The molecule has 1 aromatic heterocycles. The highest BCUT2D eigenvalue weighted by Gasteiger charge is 2.14. The monoisotopic (exact) mass is 254 g/mol. The second kappa shape index (κ2) is 7.44. The van der Waals surface area contributed by atoms with Crippen LogP contribution in [-0.4, -0.2) is 49.4 Å². The first kappa shape index (κ1) is 14.2. The number of aromatic nitrogens is 2. The zero-order chi connectivity index (χ0) is 13.4. The zero-order valence-electron chi connectivity index (χ0n) is 10.6. The standard InChI is InChI=1S/C11H18N4O3/c1-3-18-10(16)8-15(6-7-17-2)11-13-5-4-9(12)14-11/h4-5H,3,6-8H2,1-2H3,(H2,12,13,14). The number of ether oxygens (including phenoxy) is 2. The third-order valence-electron chi connectivity index (χ3n) is 2.14. The number of nitrogens with two attached hydrogens (primary N) is 1. The van der Waals surface area contributed by atoms with Crippen molar-refractivity contribution in [2.75, 3.05) is 44.0 Å². The Hall–Kier alpha value is -1.89. The third kappa shape index (κ3) is 4.54. The molecular formula is C11H18N4O3. The SMILES string of the molecule is CCOC(=O)CN(CCOC)c1nccc(N)n1. The molecule has 0 aliphatic rings. The fraction of sp³-hybridized carbons (Fsp3) is 0.545. The van der Waals surface area contributed by atoms with E-state index in [4.69, 9.17) is 15.2 Å². The molecule has 0 saturated heterocycles. The summed E-state index contributed by atoms with van der Waals surface area (Å²) >= 11 is 0. The summed E-state index contributed by atoms with van der Waals surface area (Å²) in [5.74, 6) is 0.408. The van der Waals surface area contributed by atoms with Gasteiger partial charge in [-0.25, -0.2) is 4.98 Å². The number of nitrogens with zero attached hydrogens (tertiary/aromatic N) is 3. The molecule has 0 spiro atoms. The van der Waals surface area contributed by atoms with Gasteiger partial charge < -0.3 is 20.1 Å². The normalized spacial score (nSPS) is 10.1. The average molecular weight is 254 g/mol. The van der Waals surface area contributed by atoms with Gasteiger partial charge in [-0.15, -0.1) is 0 Å². The molecule has 0 bridgehead atoms. The van der Waals surface area contributed by atoms with Crippen LogP contribution in [-0.2, 0) is 14.3 Å². The molecule has 0 aliphatic heterocycles. The summed E-state index contributed by atoms with van der Waals surface area (Å²) in [7, 11) is 1.59. The van der Waals surface area contributed by atoms with Gasteiger partial charge in [-0.2, -0.15) is 4.98 Å². The summed E-state index contributed by atoms with van der Waals surface area (Å²) in [5, 5.41) is 0. The molecule has 0 atom stereocenters. The van der Waals surface area contributed by atoms with Gasteiger partial charge in [0.1, 0.15) is 12.4 Å². The molecule has 1 heterocycles. The van der Waals surface area contributed by atoms with Gasteiger partial charge in [-0.1, -0.05) is 0 Å². The summed E-state index contributed by atoms with van der Waals surface area (Å²) in [6.45, 7) is 3.11. The van der Waals surface area contributed by atoms with E-state index in [0.29, 0.717) is 31.5 Å². The number of methoxy groups -OCH3 is 1. The Morgan fingerprint density at radius 2 is 2.33 bits per heavy atom. The first-order valence-corrected chi connectivity index (χ1v) is 5.65. The van der Waals surface area contributed by atoms with Crippen LogP contribution in [0.2, 0.25) is 0 Å². The number of rotatable bonds is 7. The summed E-state index contributed by atoms with van der Waals surface area (Å²) in [5.41, 5.74) is 5.59. The molecule has 0 radical (unpaired) electrons. The molecule has 1 aromatic rings. The van der Waals surface area contributed by atoms with Gasteiger partial charge in [0.05, 0.1) is 13.2 Å². The van der Waals surface area contributed by atoms with Crippen LogP contribution < -0.4 is 10.6 Å². The van der Waals surface area contributed by atoms with Crippen LogP contribution in [0.4, 0.5) is 11.8 Å². The highest BCUT2D eigenvalue weighted by Crippen LogP contribution is 2.08. The minimum Gasteiger partial charge on any atom is -0.465 e. The van der Waals surface area contributed by atoms with E-state index in [9.17, 15) is 4.79 Å². The first-order valence-electron chi connectivity index (χ1n) is 5.65. The Morgan fingerprint density at radius 1 is 1.56 bits per heavy atom. The topological polar surface area (TPSA) is 90.6 Å². The van der Waals surface area contributed by atoms with Crippen molar-refractivity contribution >= 4 is 17.7 Å². The fourth-order valence-corrected chi connectivity index (χ4v) is 1.33. The highest BCUT2D eigenvalue weighted by atomic mass is 16.5. The van der Waals surface area contributed by atoms with Gasteiger partial charge in [-0.05, 0) is 13.0 Å². The number of esters is 1. The molecule has 7 nitrogen and oxygen atoms in total. The van der Waals surface area contributed by atoms with Crippen LogP contribution in [0.1, 0.15) is 6.92 Å². The molecule has 2 N–H and O–H groups in total. The lowest BCUT2D eigenvalue weighted by Crippen LogP contribution is -2.35. The van der Waals surface area contributed by atoms with Gasteiger partial charge in [0.25, 0.3) is 0 Å². The lowest BCUT2D eigenvalue weighted by atomic mass is 10.5. The van der Waals surface area contributed by atoms with Crippen molar-refractivity contribution in [3.8, 4) is 0 Å². The van der Waals surface area contributed by atoms with Gasteiger partial charge in [0, 0.05) is 19.9 Å². The van der Waals surface area contributed by atoms with Crippen molar-refractivity contribution in [3.05, 3.63) is 12.3 Å². The molecule has 0 unspecified atom stereocenters. The Morgan fingerprint density at radius 3 is 2.94 bits per heavy atom. The quantitative estimate of drug-likeness (QED) is 0.689. The average Bonchev–Trinajstić information content (AvgIpc) is 2.34. The minimum atomic E-state index is -0.334. The minimum absolute atomic E-state index is 0.0701. The van der Waals surface area contributed by atoms with Crippen LogP contribution in [0.25, 0.3) is 0 Å². The number of carbonyl (C=O) groups is 1. The van der Waals surface area contributed by atoms with Gasteiger partial charge >= 0.3 is 5.97 Å². The molecule has 7 heteroatoms. The van der Waals surface area contributed by atoms with E-state index in [1.165, 1.54) is 0 Å². The molecule has 100 valence electrons. The molecule has 1 rings (SSSR count). The van der Waals surface area contributed by atoms with Gasteiger partial charge in [0.2, 0.25) is 5.95 Å². The molecule has 0 amide bonds. The van der Waals surface area contributed by atoms with Crippen LogP contribution in [0.15, 0.2) is 12.3 Å². The molecular weight excluding hydrogens is 236 g/mol. The Bertz CT molecular complexity index is 386. The number of nitrogen functional groups attached to an aromatic ring is 1. The number of hydrogen-bond donors (Lipinski definition) is 1. The van der Waals surface area contributed by atoms with Crippen LogP contribution in [0.3, 0.4) is 0 Å². The maximum absolute atomic E-state index is 11.5. The predicted octanol–water partition coefficient (Wildman–Crippen LogP) is 0.0747. The van der Waals surface area contributed by atoms with Crippen molar-refractivity contribution in [2.45, 2.75) is 6.92 Å². The second-order valence-corrected chi connectivity index (χ2v) is 3.50. The van der Waals surface area contributed by atoms with E-state index in [-0.39, 0.29) is 12.5 Å². The Kier molecular flexibility index (Phi) is 5.86. The Balaban J connectivity index is 2.74. The molecule has 0 saturated carbocycles. The van der Waals surface area contributed by atoms with Crippen LogP contribution in [0.5, 0.6) is 0 Å².